The lowest BCUT2D eigenvalue weighted by atomic mass is 10.0. The topological polar surface area (TPSA) is 241 Å². The molecule has 39 heavy (non-hydrogen) atoms. The highest BCUT2D eigenvalue weighted by molar-refractivity contribution is 5.96. The second kappa shape index (κ2) is 13.9. The zero-order valence-electron chi connectivity index (χ0n) is 21.5. The fourth-order valence-corrected chi connectivity index (χ4v) is 3.93. The van der Waals surface area contributed by atoms with Gasteiger partial charge in [0.15, 0.2) is 0 Å². The summed E-state index contributed by atoms with van der Waals surface area (Å²) in [5, 5.41) is 34.9. The monoisotopic (exact) mass is 547 g/mol. The summed E-state index contributed by atoms with van der Waals surface area (Å²) in [4.78, 5) is 75.6. The Bertz CT molecular complexity index is 1230. The fourth-order valence-electron chi connectivity index (χ4n) is 3.93. The zero-order chi connectivity index (χ0) is 29.3. The van der Waals surface area contributed by atoms with E-state index in [9.17, 15) is 39.0 Å². The molecule has 0 aliphatic rings. The van der Waals surface area contributed by atoms with E-state index in [1.54, 1.807) is 18.3 Å². The van der Waals surface area contributed by atoms with Crippen LogP contribution in [0.5, 0.6) is 0 Å². The van der Waals surface area contributed by atoms with Crippen molar-refractivity contribution in [3.8, 4) is 0 Å². The molecule has 1 aromatic carbocycles. The third-order valence-electron chi connectivity index (χ3n) is 5.80. The van der Waals surface area contributed by atoms with Crippen molar-refractivity contribution in [2.45, 2.75) is 63.7 Å². The maximum atomic E-state index is 13.3. The van der Waals surface area contributed by atoms with Crippen LogP contribution in [0.1, 0.15) is 38.7 Å². The summed E-state index contributed by atoms with van der Waals surface area (Å²) >= 11 is 0. The number of amides is 3. The van der Waals surface area contributed by atoms with Crippen LogP contribution in [-0.4, -0.2) is 80.1 Å². The van der Waals surface area contributed by atoms with E-state index in [0.717, 1.165) is 10.9 Å². The lowest BCUT2D eigenvalue weighted by Gasteiger charge is -2.24. The number of aromatic nitrogens is 1. The van der Waals surface area contributed by atoms with Gasteiger partial charge in [-0.3, -0.25) is 24.0 Å². The van der Waals surface area contributed by atoms with Crippen LogP contribution >= 0.6 is 0 Å². The second-order valence-corrected chi connectivity index (χ2v) is 9.52. The molecule has 0 spiro atoms. The van der Waals surface area contributed by atoms with Gasteiger partial charge >= 0.3 is 17.9 Å². The number of hydrogen-bond acceptors (Lipinski definition) is 7. The Morgan fingerprint density at radius 3 is 1.95 bits per heavy atom. The number of carboxylic acids is 3. The van der Waals surface area contributed by atoms with Gasteiger partial charge in [-0.2, -0.15) is 0 Å². The van der Waals surface area contributed by atoms with Crippen molar-refractivity contribution in [1.82, 2.24) is 20.9 Å². The van der Waals surface area contributed by atoms with Crippen LogP contribution in [0.15, 0.2) is 30.5 Å². The van der Waals surface area contributed by atoms with Gasteiger partial charge in [0, 0.05) is 23.5 Å². The number of nitrogens with one attached hydrogen (secondary N) is 4. The molecule has 3 amide bonds. The molecule has 0 saturated heterocycles. The zero-order valence-corrected chi connectivity index (χ0v) is 21.5. The molecule has 0 aliphatic heterocycles. The van der Waals surface area contributed by atoms with E-state index in [2.05, 4.69) is 15.6 Å². The van der Waals surface area contributed by atoms with Crippen molar-refractivity contribution in [3.63, 3.8) is 0 Å². The van der Waals surface area contributed by atoms with Gasteiger partial charge in [-0.25, -0.2) is 4.79 Å². The van der Waals surface area contributed by atoms with E-state index in [1.165, 1.54) is 0 Å². The minimum Gasteiger partial charge on any atom is -0.481 e. The quantitative estimate of drug-likeness (QED) is 0.143. The number of aliphatic carboxylic acids is 3. The molecule has 4 unspecified atom stereocenters. The molecule has 9 N–H and O–H groups in total. The van der Waals surface area contributed by atoms with Gasteiger partial charge in [-0.1, -0.05) is 32.0 Å². The number of hydrogen-bond donors (Lipinski definition) is 8. The summed E-state index contributed by atoms with van der Waals surface area (Å²) in [5.41, 5.74) is 7.40. The number of para-hydroxylation sites is 1. The van der Waals surface area contributed by atoms with Crippen molar-refractivity contribution in [1.29, 1.82) is 0 Å². The number of rotatable bonds is 15. The van der Waals surface area contributed by atoms with E-state index in [4.69, 9.17) is 10.8 Å². The molecule has 2 aromatic rings. The number of carbonyl (C=O) groups excluding carboxylic acids is 3. The van der Waals surface area contributed by atoms with Crippen molar-refractivity contribution in [2.24, 2.45) is 11.7 Å². The highest BCUT2D eigenvalue weighted by Gasteiger charge is 2.32. The predicted octanol–water partition coefficient (Wildman–Crippen LogP) is -0.428. The summed E-state index contributed by atoms with van der Waals surface area (Å²) in [7, 11) is 0. The number of H-pyrrole nitrogens is 1. The molecule has 0 saturated carbocycles. The van der Waals surface area contributed by atoms with Gasteiger partial charge < -0.3 is 42.0 Å². The molecular formula is C25H33N5O9. The predicted molar refractivity (Wildman–Crippen MR) is 137 cm³/mol. The van der Waals surface area contributed by atoms with Crippen LogP contribution in [0, 0.1) is 5.92 Å². The van der Waals surface area contributed by atoms with Gasteiger partial charge in [0.2, 0.25) is 17.7 Å². The molecule has 1 heterocycles. The van der Waals surface area contributed by atoms with Crippen LogP contribution < -0.4 is 21.7 Å². The minimum absolute atomic E-state index is 0.0475. The molecule has 212 valence electrons. The van der Waals surface area contributed by atoms with Gasteiger partial charge in [0.05, 0.1) is 18.9 Å². The molecule has 14 nitrogen and oxygen atoms in total. The lowest BCUT2D eigenvalue weighted by molar-refractivity contribution is -0.148. The van der Waals surface area contributed by atoms with Gasteiger partial charge in [-0.15, -0.1) is 0 Å². The number of nitrogens with two attached hydrogens (primary N) is 1. The van der Waals surface area contributed by atoms with E-state index in [1.807, 2.05) is 31.3 Å². The number of benzene rings is 1. The molecule has 0 fully saturated rings. The summed E-state index contributed by atoms with van der Waals surface area (Å²) < 4.78 is 0. The Hall–Kier alpha value is -4.46. The average Bonchev–Trinajstić information content (AvgIpc) is 3.24. The van der Waals surface area contributed by atoms with Crippen molar-refractivity contribution in [3.05, 3.63) is 36.0 Å². The third kappa shape index (κ3) is 9.41. The lowest BCUT2D eigenvalue weighted by Crippen LogP contribution is -2.58. The van der Waals surface area contributed by atoms with Crippen LogP contribution in [-0.2, 0) is 35.2 Å². The molecule has 2 rings (SSSR count). The normalized spacial score (nSPS) is 14.2. The molecule has 0 aliphatic carbocycles. The second-order valence-electron chi connectivity index (χ2n) is 9.52. The largest absolute Gasteiger partial charge is 0.481 e. The van der Waals surface area contributed by atoms with Gasteiger partial charge in [0.25, 0.3) is 0 Å². The molecular weight excluding hydrogens is 514 g/mol. The van der Waals surface area contributed by atoms with Crippen LogP contribution in [0.4, 0.5) is 0 Å². The number of carbonyl (C=O) groups is 6. The Morgan fingerprint density at radius 1 is 0.821 bits per heavy atom. The summed E-state index contributed by atoms with van der Waals surface area (Å²) in [5.74, 6) is -7.34. The smallest absolute Gasteiger partial charge is 0.326 e. The first-order valence-electron chi connectivity index (χ1n) is 12.2. The van der Waals surface area contributed by atoms with E-state index < -0.39 is 72.6 Å². The summed E-state index contributed by atoms with van der Waals surface area (Å²) in [6.07, 6.45) is 0.0287. The standard InChI is InChI=1S/C25H33N5O9/c1-12(2)7-15(26)22(35)28-17(8-13-11-27-16-6-4-3-5-14(13)16)23(36)29-18(9-20(31)32)24(37)30-19(25(38)39)10-21(33)34/h3-6,11-12,15,17-19,27H,7-10,26H2,1-2H3,(H,28,35)(H,29,36)(H,30,37)(H,31,32)(H,33,34)(H,38,39). The molecule has 4 atom stereocenters. The Kier molecular flexibility index (Phi) is 11.0. The molecule has 0 bridgehead atoms. The van der Waals surface area contributed by atoms with Crippen LogP contribution in [0.2, 0.25) is 0 Å². The molecule has 0 radical (unpaired) electrons. The number of carboxylic acid groups (broad SMARTS) is 3. The number of aromatic amines is 1. The number of fused-ring (bicyclic) bond motifs is 1. The van der Waals surface area contributed by atoms with Gasteiger partial charge in [-0.05, 0) is 24.0 Å². The third-order valence-corrected chi connectivity index (χ3v) is 5.80. The van der Waals surface area contributed by atoms with Crippen molar-refractivity contribution in [2.75, 3.05) is 0 Å². The van der Waals surface area contributed by atoms with Crippen molar-refractivity contribution < 1.29 is 44.1 Å². The summed E-state index contributed by atoms with van der Waals surface area (Å²) in [6.45, 7) is 3.74. The Morgan fingerprint density at radius 2 is 1.36 bits per heavy atom. The van der Waals surface area contributed by atoms with E-state index in [-0.39, 0.29) is 12.3 Å². The Balaban J connectivity index is 2.31. The van der Waals surface area contributed by atoms with E-state index >= 15 is 0 Å². The first-order chi connectivity index (χ1) is 18.3. The highest BCUT2D eigenvalue weighted by atomic mass is 16.4. The Labute approximate surface area is 223 Å². The maximum Gasteiger partial charge on any atom is 0.326 e. The molecule has 14 heteroatoms. The first-order valence-corrected chi connectivity index (χ1v) is 12.2. The SMILES string of the molecule is CC(C)CC(N)C(=O)NC(Cc1c[nH]c2ccccc12)C(=O)NC(CC(=O)O)C(=O)NC(CC(=O)O)C(=O)O. The van der Waals surface area contributed by atoms with Gasteiger partial charge in [0.1, 0.15) is 18.1 Å². The maximum absolute atomic E-state index is 13.3. The van der Waals surface area contributed by atoms with Crippen LogP contribution in [0.3, 0.4) is 0 Å². The highest BCUT2D eigenvalue weighted by Crippen LogP contribution is 2.19. The van der Waals surface area contributed by atoms with Crippen LogP contribution in [0.25, 0.3) is 10.9 Å². The fraction of sp³-hybridized carbons (Fsp3) is 0.440. The van der Waals surface area contributed by atoms with Crippen molar-refractivity contribution >= 4 is 46.5 Å². The minimum atomic E-state index is -1.86. The first kappa shape index (κ1) is 30.8. The summed E-state index contributed by atoms with van der Waals surface area (Å²) in [6, 6.07) is 1.36. The average molecular weight is 548 g/mol. The van der Waals surface area contributed by atoms with E-state index in [0.29, 0.717) is 12.0 Å². The molecule has 1 aromatic heterocycles.